The molecule has 2 fully saturated rings. The molecule has 7 aliphatic heterocycles. The normalized spacial score (nSPS) is 26.3. The summed E-state index contributed by atoms with van der Waals surface area (Å²) in [4.78, 5) is 131. The van der Waals surface area contributed by atoms with Gasteiger partial charge < -0.3 is 122 Å². The van der Waals surface area contributed by atoms with E-state index in [9.17, 15) is 80.4 Å². The molecule has 7 aliphatic rings. The number of hydrogen-bond donors (Lipinski definition) is 17. The maximum absolute atomic E-state index is 16.3. The Balaban J connectivity index is 0.946. The Morgan fingerprint density at radius 3 is 2.04 bits per heavy atom. The highest BCUT2D eigenvalue weighted by atomic mass is 35.5. The second kappa shape index (κ2) is 35.5. The minimum atomic E-state index is -2.32. The number of nitrogens with two attached hydrogens (primary N) is 2. The van der Waals surface area contributed by atoms with Crippen LogP contribution < -0.4 is 57.0 Å². The molecule has 630 valence electrons. The largest absolute Gasteiger partial charge is 0.508 e. The molecular weight excluding hydrogens is 1610 g/mol. The maximum atomic E-state index is 16.3. The van der Waals surface area contributed by atoms with Crippen molar-refractivity contribution in [3.05, 3.63) is 216 Å². The highest BCUT2D eigenvalue weighted by Gasteiger charge is 2.50. The van der Waals surface area contributed by atoms with Crippen molar-refractivity contribution >= 4 is 81.6 Å². The fraction of sp³-hybridized carbons (Fsp3) is 0.325. The average molecular weight is 1690 g/mol. The van der Waals surface area contributed by atoms with Crippen molar-refractivity contribution in [3.8, 4) is 62.9 Å². The first kappa shape index (κ1) is 85.9. The van der Waals surface area contributed by atoms with Crippen LogP contribution in [0.25, 0.3) is 11.1 Å². The Labute approximate surface area is 691 Å². The molecule has 37 heteroatoms. The molecule has 0 aliphatic carbocycles. The van der Waals surface area contributed by atoms with E-state index in [1.165, 1.54) is 55.5 Å². The Morgan fingerprint density at radius 2 is 1.38 bits per heavy atom. The fourth-order valence-electron chi connectivity index (χ4n) is 15.2. The molecule has 15 rings (SSSR count). The number of primary amides is 1. The summed E-state index contributed by atoms with van der Waals surface area (Å²) < 4.78 is 44.7. The van der Waals surface area contributed by atoms with Gasteiger partial charge in [0.05, 0.1) is 51.7 Å². The van der Waals surface area contributed by atoms with Gasteiger partial charge in [0.2, 0.25) is 41.4 Å². The fourth-order valence-corrected chi connectivity index (χ4v) is 15.6. The van der Waals surface area contributed by atoms with E-state index >= 15 is 19.2 Å². The maximum Gasteiger partial charge on any atom is 0.330 e. The monoisotopic (exact) mass is 1690 g/mol. The predicted molar refractivity (Wildman–Crippen MR) is 421 cm³/mol. The van der Waals surface area contributed by atoms with Crippen molar-refractivity contribution < 1.29 is 128 Å². The van der Waals surface area contributed by atoms with Gasteiger partial charge in [-0.15, -0.1) is 0 Å². The van der Waals surface area contributed by atoms with Crippen molar-refractivity contribution in [3.63, 3.8) is 0 Å². The molecule has 0 aromatic heterocycles. The average Bonchev–Trinajstić information content (AvgIpc) is 0.762. The zero-order valence-corrected chi connectivity index (χ0v) is 65.3. The first-order valence-electron chi connectivity index (χ1n) is 37.6. The van der Waals surface area contributed by atoms with E-state index in [1.807, 2.05) is 0 Å². The lowest BCUT2D eigenvalue weighted by Crippen LogP contribution is -2.62. The number of benzene rings is 8. The van der Waals surface area contributed by atoms with Crippen LogP contribution in [0.4, 0.5) is 11.4 Å². The molecule has 17 atom stereocenters. The first-order chi connectivity index (χ1) is 57.1. The Morgan fingerprint density at radius 1 is 0.700 bits per heavy atom. The topological polar surface area (TPSA) is 559 Å². The molecular formula is C83H82Cl2N8O27. The number of carbonyl (C=O) groups excluding carboxylic acids is 7. The number of carboxylic acids is 1. The van der Waals surface area contributed by atoms with Gasteiger partial charge in [0.15, 0.2) is 35.4 Å². The molecule has 8 aromatic rings. The van der Waals surface area contributed by atoms with E-state index in [1.54, 1.807) is 62.4 Å². The molecule has 7 heterocycles. The number of carbonyl (C=O) groups is 8. The van der Waals surface area contributed by atoms with E-state index < -0.39 is 248 Å². The summed E-state index contributed by atoms with van der Waals surface area (Å²) in [6, 6.07) is 23.7. The van der Waals surface area contributed by atoms with Gasteiger partial charge in [0.1, 0.15) is 89.6 Å². The number of phenols is 3. The number of aliphatic carboxylic acids is 1. The Hall–Kier alpha value is -11.9. The second-order valence-electron chi connectivity index (χ2n) is 29.9. The Kier molecular flexibility index (Phi) is 25.5. The number of Topliss-reactive ketones (excluding diaryl/α,β-unsaturated/α-hetero) is 2. The second-order valence-corrected chi connectivity index (χ2v) is 30.7. The highest BCUT2D eigenvalue weighted by Crippen LogP contribution is 2.51. The smallest absolute Gasteiger partial charge is 0.330 e. The molecule has 0 spiro atoms. The predicted octanol–water partition coefficient (Wildman–Crippen LogP) is 6.17. The molecule has 2 saturated heterocycles. The lowest BCUT2D eigenvalue weighted by molar-refractivity contribution is -0.386. The van der Waals surface area contributed by atoms with Crippen molar-refractivity contribution in [2.24, 2.45) is 17.4 Å². The Bertz CT molecular complexity index is 5370. The molecule has 0 radical (unpaired) electrons. The number of aromatic hydroxyl groups is 3. The number of rotatable bonds is 17. The van der Waals surface area contributed by atoms with Crippen LogP contribution in [-0.4, -0.2) is 176 Å². The first-order valence-corrected chi connectivity index (χ1v) is 38.3. The summed E-state index contributed by atoms with van der Waals surface area (Å²) in [7, 11) is 0. The van der Waals surface area contributed by atoms with Gasteiger partial charge in [0, 0.05) is 66.2 Å². The van der Waals surface area contributed by atoms with Crippen LogP contribution in [0.2, 0.25) is 10.0 Å². The number of carboxylic acid groups (broad SMARTS) is 1. The molecule has 11 bridgehead atoms. The van der Waals surface area contributed by atoms with E-state index in [-0.39, 0.29) is 69.6 Å². The van der Waals surface area contributed by atoms with Crippen LogP contribution in [0.1, 0.15) is 125 Å². The van der Waals surface area contributed by atoms with Crippen LogP contribution in [0.15, 0.2) is 146 Å². The number of nitro benzene ring substituents is 1. The number of aliphatic hydroxyl groups is 6. The SMILES string of the molecule is Cc1ccc(C(=O)Nc2cccc(CN[C@@]3(C)C[C@H](O[C@@H]4c5ccc(c(Cl)c5)Oc5cc6cc(c5OC5O[C@H](CO)[C@@H](O)[C@@H](O)[C@H]5O)Oc5ccc(cc5Cl)[C@@H](O)[C@@H](N)C(=O)C[C@@H](CC(N)=O)C(=O)NC6C(=O)C[C@H]5C(=O)N[C@@H]4C(=O)N[C@@H](C(=O)O)c4cc(O)cc(O)c4-c4cc5ccc4O)O[C@H](C)[C@@H]3O)c2)c([N+](=O)[O-])c1OCc1ccccc1. The number of nitrogens with one attached hydrogen (secondary N) is 5. The summed E-state index contributed by atoms with van der Waals surface area (Å²) in [5, 5.41) is 139. The van der Waals surface area contributed by atoms with Gasteiger partial charge in [-0.2, -0.15) is 0 Å². The molecule has 2 unspecified atom stereocenters. The number of hydrogen-bond acceptors (Lipinski definition) is 28. The number of aliphatic hydroxyl groups excluding tert-OH is 6. The number of nitrogens with zero attached hydrogens (tertiary/aromatic N) is 1. The van der Waals surface area contributed by atoms with E-state index in [2.05, 4.69) is 26.6 Å². The zero-order valence-electron chi connectivity index (χ0n) is 63.8. The number of ketones is 2. The van der Waals surface area contributed by atoms with Crippen molar-refractivity contribution in [2.45, 2.75) is 157 Å². The third kappa shape index (κ3) is 18.1. The highest BCUT2D eigenvalue weighted by molar-refractivity contribution is 6.32. The van der Waals surface area contributed by atoms with Crippen molar-refractivity contribution in [1.29, 1.82) is 0 Å². The molecule has 8 aromatic carbocycles. The number of fused-ring (bicyclic) bond motifs is 15. The van der Waals surface area contributed by atoms with E-state index in [0.717, 1.165) is 54.1 Å². The summed E-state index contributed by atoms with van der Waals surface area (Å²) in [6.07, 6.45) is -21.4. The number of nitro groups is 1. The van der Waals surface area contributed by atoms with Gasteiger partial charge in [-0.05, 0) is 133 Å². The van der Waals surface area contributed by atoms with E-state index in [4.69, 9.17) is 67.8 Å². The van der Waals surface area contributed by atoms with Crippen LogP contribution in [0.5, 0.6) is 51.7 Å². The summed E-state index contributed by atoms with van der Waals surface area (Å²) in [5.74, 6) is -18.8. The van der Waals surface area contributed by atoms with E-state index in [0.29, 0.717) is 11.1 Å². The molecule has 120 heavy (non-hydrogen) atoms. The lowest BCUT2D eigenvalue weighted by Gasteiger charge is -2.47. The van der Waals surface area contributed by atoms with Gasteiger partial charge >= 0.3 is 11.7 Å². The van der Waals surface area contributed by atoms with Crippen LogP contribution in [0.3, 0.4) is 0 Å². The summed E-state index contributed by atoms with van der Waals surface area (Å²) in [6.45, 7) is 3.59. The van der Waals surface area contributed by atoms with Crippen LogP contribution in [0, 0.1) is 23.0 Å². The molecule has 35 nitrogen and oxygen atoms in total. The quantitative estimate of drug-likeness (QED) is 0.0358. The minimum absolute atomic E-state index is 0.0379. The number of phenolic OH excluding ortho intramolecular Hbond substituents is 3. The van der Waals surface area contributed by atoms with Crippen molar-refractivity contribution in [1.82, 2.24) is 21.3 Å². The van der Waals surface area contributed by atoms with Gasteiger partial charge in [-0.25, -0.2) is 4.79 Å². The number of aryl methyl sites for hydroxylation is 1. The number of halogens is 2. The van der Waals surface area contributed by atoms with Crippen molar-refractivity contribution in [2.75, 3.05) is 11.9 Å². The van der Waals surface area contributed by atoms with Crippen LogP contribution in [-0.2, 0) is 60.9 Å². The molecule has 19 N–H and O–H groups in total. The summed E-state index contributed by atoms with van der Waals surface area (Å²) in [5.41, 5.74) is 9.06. The number of anilines is 1. The van der Waals surface area contributed by atoms with Crippen LogP contribution >= 0.6 is 23.2 Å². The molecule has 5 amide bonds. The third-order valence-electron chi connectivity index (χ3n) is 21.6. The standard InChI is InChI=1S/C83H82Cl2N8O27/c1-35-12-16-46(68(93(112)113)73(35)114-34-37-8-5-4-6-9-37)78(107)89-44-11-7-10-38(20-44)32-88-83(3)31-62(115-36(2)76(83)105)119-74-41-15-19-57(51(85)23-41)117-59-26-42-25-58(75(59)120-82-72(104)71(103)70(102)60(33-94)118-82)116-56-18-14-40(22-50(56)84)69(101)64(87)54(98)24-43(27-61(86)100)77(106)90-65(42)55(99)30-47-39-13-17-52(96)48(21-39)63-49(28-45(95)29-53(63)97)66(81(110)111)91-80(109)67(74)92-79(47)108/h4-23,25-26,28-29,36,43,47,60,62,64-67,69-72,74,76,82,88,94-97,101-105H,24,27,30-34,87H2,1-3H3,(H2,86,100)(H,89,107)(H,90,106)(H,91,109)(H,92,108)(H,110,111)/t36-,43+,47-,60-,62+,64+,65?,66-,67+,69-,70-,71-,72-,74-,76+,82?,83+/m1/s1. The lowest BCUT2D eigenvalue weighted by atomic mass is 9.84. The van der Waals surface area contributed by atoms with Gasteiger partial charge in [-0.1, -0.05) is 89.9 Å². The number of ether oxygens (including phenoxy) is 7. The van der Waals surface area contributed by atoms with Gasteiger partial charge in [0.25, 0.3) is 5.91 Å². The van der Waals surface area contributed by atoms with Gasteiger partial charge in [-0.3, -0.25) is 43.7 Å². The molecule has 0 saturated carbocycles. The number of amides is 5. The minimum Gasteiger partial charge on any atom is -0.508 e. The summed E-state index contributed by atoms with van der Waals surface area (Å²) >= 11 is 14.3. The third-order valence-corrected chi connectivity index (χ3v) is 22.1. The zero-order chi connectivity index (χ0) is 86.2.